The second-order valence-electron chi connectivity index (χ2n) is 7.28. The fraction of sp³-hybridized carbons (Fsp3) is 0.450. The molecule has 160 valence electrons. The quantitative estimate of drug-likeness (QED) is 0.590. The van der Waals surface area contributed by atoms with Crippen molar-refractivity contribution >= 4 is 17.1 Å². The van der Waals surface area contributed by atoms with Crippen molar-refractivity contribution in [2.24, 2.45) is 14.1 Å². The number of benzene rings is 1. The molecular formula is C20H25N5O5. The minimum Gasteiger partial charge on any atom is -0.491 e. The van der Waals surface area contributed by atoms with Crippen LogP contribution in [0.15, 0.2) is 39.9 Å². The van der Waals surface area contributed by atoms with Gasteiger partial charge in [0.05, 0.1) is 19.8 Å². The van der Waals surface area contributed by atoms with Gasteiger partial charge in [0.2, 0.25) is 5.95 Å². The Morgan fingerprint density at radius 2 is 1.83 bits per heavy atom. The van der Waals surface area contributed by atoms with Crippen molar-refractivity contribution < 1.29 is 14.6 Å². The lowest BCUT2D eigenvalue weighted by molar-refractivity contribution is 0.0927. The van der Waals surface area contributed by atoms with Gasteiger partial charge >= 0.3 is 5.69 Å². The van der Waals surface area contributed by atoms with E-state index in [1.54, 1.807) is 11.6 Å². The van der Waals surface area contributed by atoms with Gasteiger partial charge in [0.1, 0.15) is 18.5 Å². The Balaban J connectivity index is 1.72. The van der Waals surface area contributed by atoms with Gasteiger partial charge in [-0.3, -0.25) is 13.9 Å². The van der Waals surface area contributed by atoms with E-state index in [2.05, 4.69) is 4.98 Å². The van der Waals surface area contributed by atoms with Crippen LogP contribution in [0.2, 0.25) is 0 Å². The molecule has 10 heteroatoms. The molecule has 4 rings (SSSR count). The van der Waals surface area contributed by atoms with Crippen LogP contribution >= 0.6 is 0 Å². The van der Waals surface area contributed by atoms with Crippen LogP contribution < -0.4 is 20.9 Å². The smallest absolute Gasteiger partial charge is 0.332 e. The van der Waals surface area contributed by atoms with Crippen molar-refractivity contribution in [3.8, 4) is 5.75 Å². The standard InChI is InChI=1S/C20H25N5O5/c1-22-17-16(18(27)23(2)20(22)28)25(19(21-17)24-8-10-29-11-9-24)12-14(26)13-30-15-6-4-3-5-7-15/h3-7,14,26H,8-13H2,1-2H3/t14-/m1/s1. The Morgan fingerprint density at radius 1 is 1.13 bits per heavy atom. The zero-order valence-electron chi connectivity index (χ0n) is 17.0. The first-order chi connectivity index (χ1) is 14.5. The van der Waals surface area contributed by atoms with Crippen LogP contribution in [0.25, 0.3) is 11.2 Å². The van der Waals surface area contributed by atoms with Crippen molar-refractivity contribution in [2.75, 3.05) is 37.8 Å². The topological polar surface area (TPSA) is 104 Å². The molecule has 1 fully saturated rings. The van der Waals surface area contributed by atoms with E-state index < -0.39 is 17.4 Å². The van der Waals surface area contributed by atoms with E-state index in [-0.39, 0.29) is 18.7 Å². The fourth-order valence-corrected chi connectivity index (χ4v) is 3.59. The van der Waals surface area contributed by atoms with Gasteiger partial charge in [0.15, 0.2) is 11.2 Å². The number of nitrogens with zero attached hydrogens (tertiary/aromatic N) is 5. The molecule has 2 aromatic heterocycles. The van der Waals surface area contributed by atoms with Crippen molar-refractivity contribution in [3.63, 3.8) is 0 Å². The number of aliphatic hydroxyl groups is 1. The summed E-state index contributed by atoms with van der Waals surface area (Å²) in [4.78, 5) is 31.9. The lowest BCUT2D eigenvalue weighted by atomic mass is 10.3. The summed E-state index contributed by atoms with van der Waals surface area (Å²) in [5.74, 6) is 1.18. The van der Waals surface area contributed by atoms with Crippen molar-refractivity contribution in [1.82, 2.24) is 18.7 Å². The summed E-state index contributed by atoms with van der Waals surface area (Å²) in [5.41, 5.74) is -0.324. The summed E-state index contributed by atoms with van der Waals surface area (Å²) in [6.45, 7) is 2.45. The van der Waals surface area contributed by atoms with Crippen LogP contribution in [0.3, 0.4) is 0 Å². The van der Waals surface area contributed by atoms with E-state index in [0.29, 0.717) is 43.6 Å². The lowest BCUT2D eigenvalue weighted by Gasteiger charge is -2.28. The molecule has 0 bridgehead atoms. The second-order valence-corrected chi connectivity index (χ2v) is 7.28. The number of aliphatic hydroxyl groups excluding tert-OH is 1. The van der Waals surface area contributed by atoms with Gasteiger partial charge < -0.3 is 24.0 Å². The normalized spacial score (nSPS) is 15.5. The molecule has 1 aromatic carbocycles. The summed E-state index contributed by atoms with van der Waals surface area (Å²) in [6.07, 6.45) is -0.885. The number of aromatic nitrogens is 4. The summed E-state index contributed by atoms with van der Waals surface area (Å²) in [5, 5.41) is 10.7. The Morgan fingerprint density at radius 3 is 2.53 bits per heavy atom. The van der Waals surface area contributed by atoms with E-state index in [1.165, 1.54) is 11.6 Å². The van der Waals surface area contributed by atoms with Gasteiger partial charge in [-0.05, 0) is 12.1 Å². The van der Waals surface area contributed by atoms with Crippen LogP contribution in [0.1, 0.15) is 0 Å². The number of imidazole rings is 1. The van der Waals surface area contributed by atoms with E-state index >= 15 is 0 Å². The molecule has 10 nitrogen and oxygen atoms in total. The highest BCUT2D eigenvalue weighted by molar-refractivity contribution is 5.74. The molecule has 3 aromatic rings. The molecule has 0 aliphatic carbocycles. The molecule has 1 saturated heterocycles. The fourth-order valence-electron chi connectivity index (χ4n) is 3.59. The average molecular weight is 415 g/mol. The molecule has 3 heterocycles. The van der Waals surface area contributed by atoms with Crippen LogP contribution in [-0.2, 0) is 25.4 Å². The molecular weight excluding hydrogens is 390 g/mol. The zero-order chi connectivity index (χ0) is 21.3. The third kappa shape index (κ3) is 3.71. The molecule has 1 atom stereocenters. The number of ether oxygens (including phenoxy) is 2. The third-order valence-corrected chi connectivity index (χ3v) is 5.20. The Bertz CT molecular complexity index is 1140. The van der Waals surface area contributed by atoms with Crippen molar-refractivity contribution in [1.29, 1.82) is 0 Å². The first kappa shape index (κ1) is 20.2. The van der Waals surface area contributed by atoms with Gasteiger partial charge in [0, 0.05) is 27.2 Å². The van der Waals surface area contributed by atoms with E-state index in [9.17, 15) is 14.7 Å². The third-order valence-electron chi connectivity index (χ3n) is 5.20. The zero-order valence-corrected chi connectivity index (χ0v) is 17.0. The predicted molar refractivity (Wildman–Crippen MR) is 111 cm³/mol. The number of rotatable bonds is 6. The number of hydrogen-bond donors (Lipinski definition) is 1. The van der Waals surface area contributed by atoms with Crippen molar-refractivity contribution in [3.05, 3.63) is 51.2 Å². The van der Waals surface area contributed by atoms with Crippen LogP contribution in [0.5, 0.6) is 5.75 Å². The molecule has 1 N–H and O–H groups in total. The number of fused-ring (bicyclic) bond motifs is 1. The molecule has 0 spiro atoms. The monoisotopic (exact) mass is 415 g/mol. The number of aryl methyl sites for hydroxylation is 1. The van der Waals surface area contributed by atoms with Crippen LogP contribution in [0.4, 0.5) is 5.95 Å². The highest BCUT2D eigenvalue weighted by Crippen LogP contribution is 2.21. The average Bonchev–Trinajstić information content (AvgIpc) is 3.15. The Labute approximate surface area is 172 Å². The summed E-state index contributed by atoms with van der Waals surface area (Å²) in [6, 6.07) is 9.21. The number of para-hydroxylation sites is 1. The first-order valence-corrected chi connectivity index (χ1v) is 9.82. The minimum absolute atomic E-state index is 0.0539. The molecule has 1 aliphatic heterocycles. The molecule has 0 radical (unpaired) electrons. The Kier molecular flexibility index (Phi) is 5.60. The van der Waals surface area contributed by atoms with Gasteiger partial charge in [-0.15, -0.1) is 0 Å². The lowest BCUT2D eigenvalue weighted by Crippen LogP contribution is -2.39. The van der Waals surface area contributed by atoms with Crippen LogP contribution in [0, 0.1) is 0 Å². The highest BCUT2D eigenvalue weighted by atomic mass is 16.5. The van der Waals surface area contributed by atoms with Gasteiger partial charge in [-0.1, -0.05) is 18.2 Å². The molecule has 0 saturated carbocycles. The maximum absolute atomic E-state index is 12.9. The van der Waals surface area contributed by atoms with E-state index in [1.807, 2.05) is 35.2 Å². The number of morpholine rings is 1. The summed E-state index contributed by atoms with van der Waals surface area (Å²) >= 11 is 0. The van der Waals surface area contributed by atoms with Crippen molar-refractivity contribution in [2.45, 2.75) is 12.6 Å². The van der Waals surface area contributed by atoms with Crippen LogP contribution in [-0.4, -0.2) is 62.8 Å². The first-order valence-electron chi connectivity index (χ1n) is 9.82. The van der Waals surface area contributed by atoms with E-state index in [4.69, 9.17) is 9.47 Å². The van der Waals surface area contributed by atoms with E-state index in [0.717, 1.165) is 4.57 Å². The molecule has 0 amide bonds. The largest absolute Gasteiger partial charge is 0.491 e. The second kappa shape index (κ2) is 8.33. The number of anilines is 1. The van der Waals surface area contributed by atoms with Gasteiger partial charge in [-0.25, -0.2) is 4.79 Å². The van der Waals surface area contributed by atoms with Gasteiger partial charge in [0.25, 0.3) is 5.56 Å². The maximum Gasteiger partial charge on any atom is 0.332 e. The summed E-state index contributed by atoms with van der Waals surface area (Å²) < 4.78 is 15.2. The highest BCUT2D eigenvalue weighted by Gasteiger charge is 2.25. The Hall–Kier alpha value is -3.11. The number of hydrogen-bond acceptors (Lipinski definition) is 7. The summed E-state index contributed by atoms with van der Waals surface area (Å²) in [7, 11) is 3.02. The predicted octanol–water partition coefficient (Wildman–Crippen LogP) is -0.290. The minimum atomic E-state index is -0.885. The molecule has 1 aliphatic rings. The molecule has 30 heavy (non-hydrogen) atoms. The van der Waals surface area contributed by atoms with Gasteiger partial charge in [-0.2, -0.15) is 4.98 Å². The molecule has 0 unspecified atom stereocenters. The SMILES string of the molecule is Cn1c(=O)c2c(nc(N3CCOCC3)n2C[C@@H](O)COc2ccccc2)n(C)c1=O. The maximum atomic E-state index is 12.9.